The summed E-state index contributed by atoms with van der Waals surface area (Å²) in [4.78, 5) is 9.67. The van der Waals surface area contributed by atoms with E-state index in [1.54, 1.807) is 7.11 Å². The second kappa shape index (κ2) is 7.46. The summed E-state index contributed by atoms with van der Waals surface area (Å²) < 4.78 is 5.37. The zero-order chi connectivity index (χ0) is 21.8. The van der Waals surface area contributed by atoms with E-state index in [0.29, 0.717) is 0 Å². The molecule has 6 heteroatoms. The predicted octanol–water partition coefficient (Wildman–Crippen LogP) is 5.47. The molecule has 3 heterocycles. The fourth-order valence-electron chi connectivity index (χ4n) is 4.44. The molecule has 2 aliphatic heterocycles. The molecule has 31 heavy (non-hydrogen) atoms. The number of aromatic amines is 1. The molecule has 1 N–H and O–H groups in total. The summed E-state index contributed by atoms with van der Waals surface area (Å²) in [6.07, 6.45) is 4.50. The van der Waals surface area contributed by atoms with Crippen LogP contribution in [-0.4, -0.2) is 39.0 Å². The quantitative estimate of drug-likeness (QED) is 0.555. The first-order chi connectivity index (χ1) is 14.9. The van der Waals surface area contributed by atoms with Crippen LogP contribution in [0.5, 0.6) is 5.75 Å². The van der Waals surface area contributed by atoms with E-state index in [-0.39, 0.29) is 10.9 Å². The van der Waals surface area contributed by atoms with Crippen molar-refractivity contribution in [2.24, 2.45) is 0 Å². The number of ether oxygens (including phenoxy) is 1. The largest absolute Gasteiger partial charge is 0.497 e. The lowest BCUT2D eigenvalue weighted by Gasteiger charge is -2.40. The van der Waals surface area contributed by atoms with Gasteiger partial charge in [0.1, 0.15) is 11.6 Å². The molecule has 0 bridgehead atoms. The number of aryl methyl sites for hydroxylation is 1. The van der Waals surface area contributed by atoms with Crippen LogP contribution in [-0.2, 0) is 5.54 Å². The summed E-state index contributed by atoms with van der Waals surface area (Å²) in [5.74, 6) is 1.75. The van der Waals surface area contributed by atoms with Gasteiger partial charge in [-0.05, 0) is 44.9 Å². The zero-order valence-corrected chi connectivity index (χ0v) is 19.2. The number of rotatable bonds is 4. The van der Waals surface area contributed by atoms with E-state index in [2.05, 4.69) is 72.8 Å². The highest BCUT2D eigenvalue weighted by Crippen LogP contribution is 2.47. The number of methoxy groups -OCH3 is 1. The minimum Gasteiger partial charge on any atom is -0.497 e. The summed E-state index contributed by atoms with van der Waals surface area (Å²) in [7, 11) is 1.68. The lowest BCUT2D eigenvalue weighted by Crippen LogP contribution is -2.50. The Morgan fingerprint density at radius 1 is 1.26 bits per heavy atom. The van der Waals surface area contributed by atoms with Gasteiger partial charge in [-0.1, -0.05) is 53.7 Å². The Hall–Kier alpha value is -2.70. The molecule has 1 aromatic heterocycles. The molecule has 0 aliphatic carbocycles. The van der Waals surface area contributed by atoms with Crippen molar-refractivity contribution in [3.05, 3.63) is 77.8 Å². The molecule has 159 valence electrons. The molecular formula is C25H27N4OS. The average molecular weight is 432 g/mol. The number of hydrogen-bond donors (Lipinski definition) is 1. The molecule has 2 unspecified atom stereocenters. The smallest absolute Gasteiger partial charge is 0.129 e. The second-order valence-electron chi connectivity index (χ2n) is 8.60. The molecule has 1 saturated heterocycles. The lowest BCUT2D eigenvalue weighted by molar-refractivity contribution is -0.0552. The number of fused-ring (bicyclic) bond motifs is 1. The first kappa shape index (κ1) is 20.2. The van der Waals surface area contributed by atoms with Gasteiger partial charge in [0, 0.05) is 17.5 Å². The van der Waals surface area contributed by atoms with Crippen molar-refractivity contribution >= 4 is 27.7 Å². The fourth-order valence-corrected chi connectivity index (χ4v) is 5.47. The number of hydrogen-bond acceptors (Lipinski definition) is 5. The standard InChI is InChI=1S/C25H27N4OS/c1-16-6-8-19(9-7-16)23-15-28(18(3)31-23)29-14-17(2)13-25(29,4)24-26-21-11-10-20(30-5)12-22(21)27-24/h6-12,18H,2,13-14H2,1,3-5H3,(H,26,27). The highest BCUT2D eigenvalue weighted by Gasteiger charge is 2.47. The maximum Gasteiger partial charge on any atom is 0.129 e. The molecule has 5 rings (SSSR count). The van der Waals surface area contributed by atoms with Gasteiger partial charge in [0.15, 0.2) is 0 Å². The van der Waals surface area contributed by atoms with Gasteiger partial charge in [-0.25, -0.2) is 9.99 Å². The highest BCUT2D eigenvalue weighted by atomic mass is 32.2. The Balaban J connectivity index is 1.52. The molecule has 2 atom stereocenters. The second-order valence-corrected chi connectivity index (χ2v) is 9.92. The lowest BCUT2D eigenvalue weighted by atomic mass is 9.97. The zero-order valence-electron chi connectivity index (χ0n) is 18.4. The van der Waals surface area contributed by atoms with Gasteiger partial charge in [0.25, 0.3) is 0 Å². The van der Waals surface area contributed by atoms with E-state index in [0.717, 1.165) is 35.6 Å². The third kappa shape index (κ3) is 3.44. The molecular weight excluding hydrogens is 404 g/mol. The van der Waals surface area contributed by atoms with Gasteiger partial charge in [-0.2, -0.15) is 0 Å². The topological polar surface area (TPSA) is 44.4 Å². The van der Waals surface area contributed by atoms with Crippen LogP contribution in [0.25, 0.3) is 15.9 Å². The van der Waals surface area contributed by atoms with E-state index < -0.39 is 0 Å². The van der Waals surface area contributed by atoms with Gasteiger partial charge in [-0.15, -0.1) is 0 Å². The number of nitrogens with one attached hydrogen (secondary N) is 1. The Morgan fingerprint density at radius 2 is 2.03 bits per heavy atom. The summed E-state index contributed by atoms with van der Waals surface area (Å²) in [5.41, 5.74) is 5.27. The van der Waals surface area contributed by atoms with Crippen LogP contribution >= 0.6 is 11.8 Å². The number of nitrogens with zero attached hydrogens (tertiary/aromatic N) is 3. The van der Waals surface area contributed by atoms with E-state index in [1.165, 1.54) is 21.6 Å². The molecule has 1 fully saturated rings. The Kier molecular flexibility index (Phi) is 4.87. The fraction of sp³-hybridized carbons (Fsp3) is 0.320. The summed E-state index contributed by atoms with van der Waals surface area (Å²) in [6.45, 7) is 11.7. The maximum atomic E-state index is 5.37. The van der Waals surface area contributed by atoms with Crippen molar-refractivity contribution in [2.45, 2.75) is 38.1 Å². The van der Waals surface area contributed by atoms with Gasteiger partial charge in [0.2, 0.25) is 0 Å². The number of H-pyrrole nitrogens is 1. The third-order valence-electron chi connectivity index (χ3n) is 6.16. The van der Waals surface area contributed by atoms with Crippen LogP contribution in [0.3, 0.4) is 0 Å². The molecule has 0 spiro atoms. The van der Waals surface area contributed by atoms with Crippen LogP contribution in [0.4, 0.5) is 0 Å². The highest BCUT2D eigenvalue weighted by molar-refractivity contribution is 8.09. The van der Waals surface area contributed by atoms with Crippen molar-refractivity contribution in [1.82, 2.24) is 20.0 Å². The summed E-state index contributed by atoms with van der Waals surface area (Å²) in [6, 6.07) is 14.6. The number of benzene rings is 2. The summed E-state index contributed by atoms with van der Waals surface area (Å²) >= 11 is 1.84. The monoisotopic (exact) mass is 431 g/mol. The number of aromatic nitrogens is 2. The van der Waals surface area contributed by atoms with Gasteiger partial charge >= 0.3 is 0 Å². The Morgan fingerprint density at radius 3 is 2.77 bits per heavy atom. The normalized spacial score (nSPS) is 24.3. The Bertz CT molecular complexity index is 1180. The number of imidazole rings is 1. The molecule has 0 saturated carbocycles. The van der Waals surface area contributed by atoms with E-state index in [9.17, 15) is 0 Å². The van der Waals surface area contributed by atoms with Crippen LogP contribution < -0.4 is 4.74 Å². The molecule has 2 aromatic carbocycles. The first-order valence-electron chi connectivity index (χ1n) is 10.5. The van der Waals surface area contributed by atoms with Crippen molar-refractivity contribution < 1.29 is 4.74 Å². The van der Waals surface area contributed by atoms with Gasteiger partial charge < -0.3 is 9.72 Å². The van der Waals surface area contributed by atoms with Crippen LogP contribution in [0.2, 0.25) is 0 Å². The third-order valence-corrected chi connectivity index (χ3v) is 7.26. The Labute approximate surface area is 187 Å². The first-order valence-corrected chi connectivity index (χ1v) is 11.4. The average Bonchev–Trinajstić information content (AvgIpc) is 3.43. The predicted molar refractivity (Wildman–Crippen MR) is 127 cm³/mol. The van der Waals surface area contributed by atoms with Crippen molar-refractivity contribution in [3.8, 4) is 5.75 Å². The van der Waals surface area contributed by atoms with Crippen LogP contribution in [0, 0.1) is 13.1 Å². The van der Waals surface area contributed by atoms with Crippen molar-refractivity contribution in [1.29, 1.82) is 0 Å². The van der Waals surface area contributed by atoms with Crippen LogP contribution in [0.1, 0.15) is 37.2 Å². The van der Waals surface area contributed by atoms with E-state index >= 15 is 0 Å². The molecule has 0 amide bonds. The SMILES string of the molecule is C=C1CN(N2[C]=C(c3ccc(C)cc3)SC2C)C(C)(c2nc3cc(OC)ccc3[nH]2)C1. The van der Waals surface area contributed by atoms with Crippen LogP contribution in [0.15, 0.2) is 54.6 Å². The number of thioether (sulfide) groups is 1. The molecule has 1 radical (unpaired) electrons. The maximum absolute atomic E-state index is 5.37. The minimum absolute atomic E-state index is 0.242. The van der Waals surface area contributed by atoms with Crippen molar-refractivity contribution in [3.63, 3.8) is 0 Å². The van der Waals surface area contributed by atoms with E-state index in [4.69, 9.17) is 9.72 Å². The minimum atomic E-state index is -0.326. The summed E-state index contributed by atoms with van der Waals surface area (Å²) in [5, 5.41) is 4.85. The van der Waals surface area contributed by atoms with Gasteiger partial charge in [-0.3, -0.25) is 5.01 Å². The number of hydrazine groups is 1. The molecule has 2 aliphatic rings. The molecule has 5 nitrogen and oxygen atoms in total. The van der Waals surface area contributed by atoms with Crippen molar-refractivity contribution in [2.75, 3.05) is 13.7 Å². The molecule has 3 aromatic rings. The van der Waals surface area contributed by atoms with Gasteiger partial charge in [0.05, 0.1) is 35.3 Å². The van der Waals surface area contributed by atoms with E-state index in [1.807, 2.05) is 30.0 Å².